The fourth-order valence-corrected chi connectivity index (χ4v) is 4.52. The number of aryl methyl sites for hydroxylation is 1. The van der Waals surface area contributed by atoms with Gasteiger partial charge in [0.1, 0.15) is 5.01 Å². The van der Waals surface area contributed by atoms with Crippen LogP contribution in [0.1, 0.15) is 55.8 Å². The number of aromatic nitrogens is 1. The molecule has 2 fully saturated rings. The fraction of sp³-hybridized carbons (Fsp3) is 0.750. The molecule has 3 heterocycles. The van der Waals surface area contributed by atoms with Crippen molar-refractivity contribution in [3.8, 4) is 0 Å². The summed E-state index contributed by atoms with van der Waals surface area (Å²) in [5, 5.41) is 7.79. The number of thiazole rings is 1. The number of fused-ring (bicyclic) bond motifs is 2. The van der Waals surface area contributed by atoms with E-state index in [9.17, 15) is 4.79 Å². The predicted molar refractivity (Wildman–Crippen MR) is 99.8 cm³/mol. The summed E-state index contributed by atoms with van der Waals surface area (Å²) in [4.78, 5) is 18.0. The van der Waals surface area contributed by atoms with Gasteiger partial charge < -0.3 is 10.6 Å². The molecule has 0 radical (unpaired) electrons. The zero-order valence-electron chi connectivity index (χ0n) is 13.9. The van der Waals surface area contributed by atoms with Crippen molar-refractivity contribution in [3.63, 3.8) is 0 Å². The quantitative estimate of drug-likeness (QED) is 0.840. The third-order valence-corrected chi connectivity index (χ3v) is 5.89. The first-order chi connectivity index (χ1) is 9.92. The van der Waals surface area contributed by atoms with Gasteiger partial charge in [0.2, 0.25) is 5.91 Å². The molecule has 2 saturated heterocycles. The maximum absolute atomic E-state index is 12.4. The summed E-state index contributed by atoms with van der Waals surface area (Å²) in [6.45, 7) is 6.12. The molecule has 0 aliphatic carbocycles. The van der Waals surface area contributed by atoms with Gasteiger partial charge in [0.25, 0.3) is 0 Å². The Morgan fingerprint density at radius 1 is 1.35 bits per heavy atom. The molecule has 2 unspecified atom stereocenters. The molecule has 3 rings (SSSR count). The van der Waals surface area contributed by atoms with Crippen LogP contribution in [-0.2, 0) is 10.3 Å². The maximum atomic E-state index is 12.4. The van der Waals surface area contributed by atoms with E-state index in [1.807, 2.05) is 27.0 Å². The second kappa shape index (κ2) is 8.15. The van der Waals surface area contributed by atoms with Crippen LogP contribution >= 0.6 is 36.2 Å². The van der Waals surface area contributed by atoms with Crippen molar-refractivity contribution >= 4 is 42.1 Å². The van der Waals surface area contributed by atoms with E-state index in [1.54, 1.807) is 11.3 Å². The van der Waals surface area contributed by atoms with Crippen molar-refractivity contribution in [2.24, 2.45) is 5.92 Å². The van der Waals surface area contributed by atoms with Gasteiger partial charge in [0.05, 0.1) is 5.54 Å². The topological polar surface area (TPSA) is 54.0 Å². The minimum Gasteiger partial charge on any atom is -0.345 e. The van der Waals surface area contributed by atoms with Gasteiger partial charge in [-0.05, 0) is 52.4 Å². The molecule has 4 nitrogen and oxygen atoms in total. The highest BCUT2D eigenvalue weighted by Crippen LogP contribution is 2.33. The number of nitrogens with zero attached hydrogens (tertiary/aromatic N) is 1. The standard InChI is InChI=1S/C16H25N3OS.2ClH/c1-10-9-17-15(21-10)16(2,3)19-14(20)8-11-6-12-4-5-13(7-11)18-12;;/h9,11-13,18H,4-8H2,1-3H3,(H,19,20);2*1H. The van der Waals surface area contributed by atoms with E-state index in [0.717, 1.165) is 17.8 Å². The summed E-state index contributed by atoms with van der Waals surface area (Å²) in [6.07, 6.45) is 7.40. The Morgan fingerprint density at radius 3 is 2.48 bits per heavy atom. The fourth-order valence-electron chi connectivity index (χ4n) is 3.70. The number of nitrogens with one attached hydrogen (secondary N) is 2. The molecule has 23 heavy (non-hydrogen) atoms. The first-order valence-electron chi connectivity index (χ1n) is 7.92. The summed E-state index contributed by atoms with van der Waals surface area (Å²) in [6, 6.07) is 1.30. The van der Waals surface area contributed by atoms with Crippen LogP contribution in [-0.4, -0.2) is 23.0 Å². The van der Waals surface area contributed by atoms with Crippen LogP contribution in [0.15, 0.2) is 6.20 Å². The van der Waals surface area contributed by atoms with E-state index in [2.05, 4.69) is 15.6 Å². The highest BCUT2D eigenvalue weighted by atomic mass is 35.5. The number of carbonyl (C=O) groups excluding carboxylic acids is 1. The molecule has 1 aromatic heterocycles. The van der Waals surface area contributed by atoms with Crippen LogP contribution in [0.3, 0.4) is 0 Å². The molecule has 2 N–H and O–H groups in total. The van der Waals surface area contributed by atoms with E-state index < -0.39 is 0 Å². The van der Waals surface area contributed by atoms with Crippen LogP contribution in [0.25, 0.3) is 0 Å². The lowest BCUT2D eigenvalue weighted by atomic mass is 9.89. The molecule has 0 saturated carbocycles. The van der Waals surface area contributed by atoms with E-state index in [-0.39, 0.29) is 36.3 Å². The van der Waals surface area contributed by atoms with Crippen LogP contribution in [0.2, 0.25) is 0 Å². The average molecular weight is 380 g/mol. The minimum atomic E-state index is -0.373. The highest BCUT2D eigenvalue weighted by Gasteiger charge is 2.35. The Labute approximate surface area is 155 Å². The molecule has 7 heteroatoms. The molecule has 2 atom stereocenters. The van der Waals surface area contributed by atoms with Gasteiger partial charge in [-0.1, -0.05) is 0 Å². The van der Waals surface area contributed by atoms with E-state index >= 15 is 0 Å². The number of rotatable bonds is 4. The van der Waals surface area contributed by atoms with Gasteiger partial charge in [-0.15, -0.1) is 36.2 Å². The summed E-state index contributed by atoms with van der Waals surface area (Å²) in [5.41, 5.74) is -0.373. The van der Waals surface area contributed by atoms with Crippen LogP contribution < -0.4 is 10.6 Å². The predicted octanol–water partition coefficient (Wildman–Crippen LogP) is 3.57. The smallest absolute Gasteiger partial charge is 0.221 e. The maximum Gasteiger partial charge on any atom is 0.221 e. The lowest BCUT2D eigenvalue weighted by molar-refractivity contribution is -0.124. The van der Waals surface area contributed by atoms with Crippen molar-refractivity contribution < 1.29 is 4.79 Å². The molecule has 1 aromatic rings. The van der Waals surface area contributed by atoms with Crippen LogP contribution in [0.4, 0.5) is 0 Å². The molecule has 0 aromatic carbocycles. The van der Waals surface area contributed by atoms with Gasteiger partial charge in [-0.3, -0.25) is 4.79 Å². The number of amides is 1. The molecule has 0 spiro atoms. The molecule has 2 bridgehead atoms. The Bertz CT molecular complexity index is 523. The Hall–Kier alpha value is -0.360. The van der Waals surface area contributed by atoms with Crippen molar-refractivity contribution in [3.05, 3.63) is 16.1 Å². The minimum absolute atomic E-state index is 0. The second-order valence-corrected chi connectivity index (χ2v) is 8.36. The number of carbonyl (C=O) groups is 1. The van der Waals surface area contributed by atoms with Crippen LogP contribution in [0.5, 0.6) is 0 Å². The van der Waals surface area contributed by atoms with Gasteiger partial charge in [0.15, 0.2) is 0 Å². The zero-order chi connectivity index (χ0) is 15.0. The molecular formula is C16H27Cl2N3OS. The third-order valence-electron chi connectivity index (χ3n) is 4.65. The SMILES string of the molecule is Cc1cnc(C(C)(C)NC(=O)CC2CC3CCC(C2)N3)s1.Cl.Cl. The summed E-state index contributed by atoms with van der Waals surface area (Å²) in [5.74, 6) is 0.705. The van der Waals surface area contributed by atoms with E-state index in [1.165, 1.54) is 17.7 Å². The van der Waals surface area contributed by atoms with Gasteiger partial charge in [-0.25, -0.2) is 4.98 Å². The van der Waals surface area contributed by atoms with Crippen molar-refractivity contribution in [2.45, 2.75) is 70.5 Å². The summed E-state index contributed by atoms with van der Waals surface area (Å²) in [7, 11) is 0. The van der Waals surface area contributed by atoms with Gasteiger partial charge >= 0.3 is 0 Å². The molecule has 2 aliphatic rings. The number of halogens is 2. The number of piperidine rings is 1. The summed E-state index contributed by atoms with van der Waals surface area (Å²) >= 11 is 1.66. The first-order valence-corrected chi connectivity index (χ1v) is 8.74. The summed E-state index contributed by atoms with van der Waals surface area (Å²) < 4.78 is 0. The normalized spacial score (nSPS) is 26.1. The molecule has 1 amide bonds. The first kappa shape index (κ1) is 20.7. The average Bonchev–Trinajstić information content (AvgIpc) is 2.95. The lowest BCUT2D eigenvalue weighted by Crippen LogP contribution is -2.44. The highest BCUT2D eigenvalue weighted by molar-refractivity contribution is 7.11. The zero-order valence-corrected chi connectivity index (χ0v) is 16.4. The number of hydrogen-bond acceptors (Lipinski definition) is 4. The monoisotopic (exact) mass is 379 g/mol. The number of hydrogen-bond donors (Lipinski definition) is 2. The van der Waals surface area contributed by atoms with Gasteiger partial charge in [0, 0.05) is 29.6 Å². The van der Waals surface area contributed by atoms with Gasteiger partial charge in [-0.2, -0.15) is 0 Å². The molecular weight excluding hydrogens is 353 g/mol. The van der Waals surface area contributed by atoms with E-state index in [4.69, 9.17) is 0 Å². The molecule has 2 aliphatic heterocycles. The second-order valence-electron chi connectivity index (χ2n) is 7.13. The lowest BCUT2D eigenvalue weighted by Gasteiger charge is -2.30. The largest absolute Gasteiger partial charge is 0.345 e. The Morgan fingerprint density at radius 2 is 1.96 bits per heavy atom. The third kappa shape index (κ3) is 5.05. The van der Waals surface area contributed by atoms with Crippen molar-refractivity contribution in [1.29, 1.82) is 0 Å². The Balaban J connectivity index is 0.00000132. The Kier molecular flexibility index (Phi) is 7.33. The van der Waals surface area contributed by atoms with Crippen molar-refractivity contribution in [1.82, 2.24) is 15.6 Å². The molecule has 132 valence electrons. The van der Waals surface area contributed by atoms with Crippen LogP contribution in [0, 0.1) is 12.8 Å². The van der Waals surface area contributed by atoms with E-state index in [0.29, 0.717) is 24.4 Å². The van der Waals surface area contributed by atoms with Crippen molar-refractivity contribution in [2.75, 3.05) is 0 Å².